The summed E-state index contributed by atoms with van der Waals surface area (Å²) in [6.45, 7) is -0.585. The average molecular weight is 569 g/mol. The summed E-state index contributed by atoms with van der Waals surface area (Å²) in [6, 6.07) is 21.9. The van der Waals surface area contributed by atoms with Gasteiger partial charge < -0.3 is 29.7 Å². The van der Waals surface area contributed by atoms with Crippen molar-refractivity contribution in [2.45, 2.75) is 23.5 Å². The second kappa shape index (κ2) is 13.4. The number of phenolic OH excluding ortho intramolecular Hbond substituents is 1. The summed E-state index contributed by atoms with van der Waals surface area (Å²) in [7, 11) is -2.42. The van der Waals surface area contributed by atoms with E-state index in [4.69, 9.17) is 14.2 Å². The van der Waals surface area contributed by atoms with Crippen LogP contribution in [0.15, 0.2) is 95.6 Å². The molecule has 1 aliphatic heterocycles. The maximum atomic E-state index is 13.2. The third kappa shape index (κ3) is 7.19. The number of aliphatic hydroxyl groups excluding tert-OH is 1. The highest BCUT2D eigenvalue weighted by Gasteiger charge is 2.30. The van der Waals surface area contributed by atoms with Crippen LogP contribution in [0.25, 0.3) is 0 Å². The Hall–Kier alpha value is -3.90. The number of nitrogens with one attached hydrogen (secondary N) is 1. The minimum absolute atomic E-state index is 0.0198. The summed E-state index contributed by atoms with van der Waals surface area (Å²) in [5.41, 5.74) is 1.19. The fraction of sp³-hybridized carbons (Fsp3) is 0.276. The molecule has 3 N–H and O–H groups in total. The largest absolute Gasteiger partial charge is 0.506 e. The molecule has 3 aromatic carbocycles. The highest BCUT2D eigenvalue weighted by molar-refractivity contribution is 7.89. The molecule has 1 aliphatic rings. The van der Waals surface area contributed by atoms with E-state index in [9.17, 15) is 23.4 Å². The van der Waals surface area contributed by atoms with Gasteiger partial charge in [-0.1, -0.05) is 42.5 Å². The Morgan fingerprint density at radius 3 is 2.40 bits per heavy atom. The average Bonchev–Trinajstić information content (AvgIpc) is 2.98. The summed E-state index contributed by atoms with van der Waals surface area (Å²) in [6.07, 6.45) is 1.25. The molecule has 0 radical (unpaired) electrons. The minimum Gasteiger partial charge on any atom is -0.506 e. The summed E-state index contributed by atoms with van der Waals surface area (Å²) in [5, 5.41) is 22.2. The number of phenols is 1. The van der Waals surface area contributed by atoms with Crippen LogP contribution in [0.3, 0.4) is 0 Å². The molecule has 11 heteroatoms. The molecule has 3 aromatic rings. The predicted octanol–water partition coefficient (Wildman–Crippen LogP) is 3.45. The Labute approximate surface area is 233 Å². The van der Waals surface area contributed by atoms with Gasteiger partial charge in [-0.05, 0) is 48.0 Å². The van der Waals surface area contributed by atoms with Crippen LogP contribution in [-0.2, 0) is 24.3 Å². The number of rotatable bonds is 12. The Kier molecular flexibility index (Phi) is 9.78. The van der Waals surface area contributed by atoms with Gasteiger partial charge in [0.2, 0.25) is 16.3 Å². The fourth-order valence-corrected chi connectivity index (χ4v) is 5.68. The molecule has 0 unspecified atom stereocenters. The van der Waals surface area contributed by atoms with Gasteiger partial charge >= 0.3 is 0 Å². The van der Waals surface area contributed by atoms with E-state index in [0.717, 1.165) is 9.87 Å². The topological polar surface area (TPSA) is 135 Å². The van der Waals surface area contributed by atoms with Gasteiger partial charge in [-0.3, -0.25) is 4.79 Å². The number of carbonyl (C=O) groups is 1. The van der Waals surface area contributed by atoms with Gasteiger partial charge in [-0.2, -0.15) is 4.31 Å². The van der Waals surface area contributed by atoms with Crippen LogP contribution in [0.2, 0.25) is 0 Å². The quantitative estimate of drug-likeness (QED) is 0.283. The first-order valence-corrected chi connectivity index (χ1v) is 14.1. The number of sulfonamides is 1. The number of carbonyl (C=O) groups excluding carboxylic acids is 1. The van der Waals surface area contributed by atoms with Crippen LogP contribution >= 0.6 is 0 Å². The summed E-state index contributed by atoms with van der Waals surface area (Å²) in [5.74, 6) is -0.303. The fourth-order valence-electron chi connectivity index (χ4n) is 4.26. The number of nitrogens with zero attached hydrogens (tertiary/aromatic N) is 1. The van der Waals surface area contributed by atoms with E-state index in [2.05, 4.69) is 5.32 Å². The second-order valence-electron chi connectivity index (χ2n) is 8.98. The number of ether oxygens (including phenoxy) is 3. The smallest absolute Gasteiger partial charge is 0.290 e. The molecule has 212 valence electrons. The number of aliphatic hydroxyl groups is 1. The van der Waals surface area contributed by atoms with Gasteiger partial charge in [-0.25, -0.2) is 8.42 Å². The highest BCUT2D eigenvalue weighted by Crippen LogP contribution is 2.32. The van der Waals surface area contributed by atoms with Gasteiger partial charge in [0, 0.05) is 25.4 Å². The maximum absolute atomic E-state index is 13.2. The van der Waals surface area contributed by atoms with Crippen molar-refractivity contribution in [2.24, 2.45) is 0 Å². The normalized spacial score (nSPS) is 17.1. The van der Waals surface area contributed by atoms with E-state index in [0.29, 0.717) is 12.2 Å². The zero-order valence-electron chi connectivity index (χ0n) is 22.0. The molecular weight excluding hydrogens is 536 g/mol. The van der Waals surface area contributed by atoms with Crippen LogP contribution in [0, 0.1) is 0 Å². The van der Waals surface area contributed by atoms with E-state index in [1.54, 1.807) is 36.4 Å². The number of benzene rings is 3. The molecule has 0 bridgehead atoms. The zero-order valence-corrected chi connectivity index (χ0v) is 22.8. The molecule has 10 nitrogen and oxygen atoms in total. The van der Waals surface area contributed by atoms with Crippen LogP contribution in [0.4, 0.5) is 5.69 Å². The molecule has 2 atom stereocenters. The van der Waals surface area contributed by atoms with Crippen LogP contribution in [0.5, 0.6) is 11.5 Å². The third-order valence-electron chi connectivity index (χ3n) is 6.35. The first-order valence-electron chi connectivity index (χ1n) is 12.7. The Morgan fingerprint density at radius 1 is 1.02 bits per heavy atom. The lowest BCUT2D eigenvalue weighted by atomic mass is 9.93. The van der Waals surface area contributed by atoms with Crippen LogP contribution in [-0.4, -0.2) is 68.5 Å². The number of aromatic hydroxyl groups is 1. The van der Waals surface area contributed by atoms with Crippen molar-refractivity contribution in [3.05, 3.63) is 96.3 Å². The molecule has 0 saturated heterocycles. The van der Waals surface area contributed by atoms with Crippen molar-refractivity contribution in [3.8, 4) is 11.5 Å². The molecule has 0 spiro atoms. The minimum atomic E-state index is -3.91. The summed E-state index contributed by atoms with van der Waals surface area (Å²) >= 11 is 0. The van der Waals surface area contributed by atoms with E-state index >= 15 is 0 Å². The molecule has 0 aromatic heterocycles. The van der Waals surface area contributed by atoms with Crippen molar-refractivity contribution in [2.75, 3.05) is 38.7 Å². The summed E-state index contributed by atoms with van der Waals surface area (Å²) in [4.78, 5) is 13.1. The zero-order chi connectivity index (χ0) is 28.5. The number of hydrogen-bond acceptors (Lipinski definition) is 8. The SMILES string of the molecule is COc1ccc(S(=O)(=O)N(CCO)CCO[C@H]2C[C@@H](c3ccccc3)C=C(C(=O)Nc3ccccc3O)O2)cc1. The van der Waals surface area contributed by atoms with E-state index in [1.807, 2.05) is 30.3 Å². The molecule has 1 heterocycles. The Bertz CT molecular complexity index is 1410. The van der Waals surface area contributed by atoms with Gasteiger partial charge in [-0.15, -0.1) is 0 Å². The molecular formula is C29H32N2O8S. The first kappa shape index (κ1) is 29.1. The standard InChI is InChI=1S/C29H32N2O8S/c1-37-23-11-13-24(14-12-23)40(35,36)31(15-17-32)16-18-38-28-20-22(21-7-3-2-4-8-21)19-27(39-28)29(34)30-25-9-5-6-10-26(25)33/h2-14,19,22,28,32-33H,15-18,20H2,1H3,(H,30,34)/t22-,28+/m0/s1. The number of amides is 1. The van der Waals surface area contributed by atoms with E-state index in [-0.39, 0.29) is 54.3 Å². The van der Waals surface area contributed by atoms with Gasteiger partial charge in [0.25, 0.3) is 5.91 Å². The lowest BCUT2D eigenvalue weighted by molar-refractivity contribution is -0.143. The number of para-hydroxylation sites is 2. The molecule has 0 fully saturated rings. The Balaban J connectivity index is 1.46. The van der Waals surface area contributed by atoms with Crippen molar-refractivity contribution in [1.82, 2.24) is 4.31 Å². The molecule has 4 rings (SSSR count). The Morgan fingerprint density at radius 2 is 1.73 bits per heavy atom. The molecule has 1 amide bonds. The van der Waals surface area contributed by atoms with Crippen molar-refractivity contribution in [1.29, 1.82) is 0 Å². The molecule has 40 heavy (non-hydrogen) atoms. The van der Waals surface area contributed by atoms with Gasteiger partial charge in [0.15, 0.2) is 5.76 Å². The van der Waals surface area contributed by atoms with E-state index in [1.165, 1.54) is 25.3 Å². The first-order chi connectivity index (χ1) is 19.3. The predicted molar refractivity (Wildman–Crippen MR) is 148 cm³/mol. The van der Waals surface area contributed by atoms with Crippen LogP contribution < -0.4 is 10.1 Å². The number of allylic oxidation sites excluding steroid dienone is 1. The highest BCUT2D eigenvalue weighted by atomic mass is 32.2. The summed E-state index contributed by atoms with van der Waals surface area (Å²) < 4.78 is 44.4. The lowest BCUT2D eigenvalue weighted by Gasteiger charge is -2.30. The second-order valence-corrected chi connectivity index (χ2v) is 10.9. The molecule has 0 saturated carbocycles. The van der Waals surface area contributed by atoms with Crippen LogP contribution in [0.1, 0.15) is 17.9 Å². The number of methoxy groups -OCH3 is 1. The monoisotopic (exact) mass is 568 g/mol. The van der Waals surface area contributed by atoms with Crippen molar-refractivity contribution >= 4 is 21.6 Å². The van der Waals surface area contributed by atoms with Crippen molar-refractivity contribution in [3.63, 3.8) is 0 Å². The van der Waals surface area contributed by atoms with Crippen molar-refractivity contribution < 1.29 is 37.6 Å². The van der Waals surface area contributed by atoms with E-state index < -0.39 is 22.2 Å². The third-order valence-corrected chi connectivity index (χ3v) is 8.27. The molecule has 0 aliphatic carbocycles. The lowest BCUT2D eigenvalue weighted by Crippen LogP contribution is -2.37. The van der Waals surface area contributed by atoms with Gasteiger partial charge in [0.05, 0.1) is 30.9 Å². The number of anilines is 1. The number of hydrogen-bond donors (Lipinski definition) is 3. The van der Waals surface area contributed by atoms with Gasteiger partial charge in [0.1, 0.15) is 11.5 Å². The maximum Gasteiger partial charge on any atom is 0.290 e.